The van der Waals surface area contributed by atoms with Crippen LogP contribution in [0.5, 0.6) is 0 Å². The van der Waals surface area contributed by atoms with Crippen LogP contribution in [0.1, 0.15) is 10.4 Å². The van der Waals surface area contributed by atoms with Crippen LogP contribution in [0, 0.1) is 0 Å². The summed E-state index contributed by atoms with van der Waals surface area (Å²) in [6.45, 7) is 0. The first-order chi connectivity index (χ1) is 13.5. The van der Waals surface area contributed by atoms with Gasteiger partial charge >= 0.3 is 0 Å². The van der Waals surface area contributed by atoms with Crippen molar-refractivity contribution in [1.29, 1.82) is 0 Å². The van der Waals surface area contributed by atoms with Crippen LogP contribution in [-0.4, -0.2) is 24.3 Å². The number of fused-ring (bicyclic) bond motifs is 1. The number of aromatic nitrogens is 2. The summed E-state index contributed by atoms with van der Waals surface area (Å²) >= 11 is 1.16. The smallest absolute Gasteiger partial charge is 0.263 e. The molecule has 4 aromatic rings. The van der Waals surface area contributed by atoms with Gasteiger partial charge in [-0.05, 0) is 42.5 Å². The van der Waals surface area contributed by atoms with Gasteiger partial charge in [-0.1, -0.05) is 29.5 Å². The molecule has 0 unspecified atom stereocenters. The minimum atomic E-state index is -3.72. The van der Waals surface area contributed by atoms with Crippen LogP contribution in [0.4, 0.5) is 10.8 Å². The van der Waals surface area contributed by atoms with Crippen molar-refractivity contribution in [2.24, 2.45) is 0 Å². The Morgan fingerprint density at radius 2 is 1.82 bits per heavy atom. The van der Waals surface area contributed by atoms with Gasteiger partial charge in [-0.3, -0.25) is 14.5 Å². The third kappa shape index (κ3) is 3.85. The van der Waals surface area contributed by atoms with Crippen LogP contribution < -0.4 is 10.0 Å². The van der Waals surface area contributed by atoms with Crippen LogP contribution >= 0.6 is 11.3 Å². The maximum absolute atomic E-state index is 12.4. The highest BCUT2D eigenvalue weighted by Crippen LogP contribution is 2.28. The lowest BCUT2D eigenvalue weighted by molar-refractivity contribution is 0.102. The first-order valence-electron chi connectivity index (χ1n) is 8.21. The Kier molecular flexibility index (Phi) is 4.76. The Morgan fingerprint density at radius 1 is 1.00 bits per heavy atom. The van der Waals surface area contributed by atoms with Gasteiger partial charge in [-0.2, -0.15) is 0 Å². The molecule has 2 N–H and O–H groups in total. The van der Waals surface area contributed by atoms with Crippen molar-refractivity contribution >= 4 is 48.3 Å². The predicted octanol–water partition coefficient (Wildman–Crippen LogP) is 3.74. The summed E-state index contributed by atoms with van der Waals surface area (Å²) in [5.74, 6) is -0.283. The second kappa shape index (κ2) is 7.37. The molecule has 0 aliphatic heterocycles. The summed E-state index contributed by atoms with van der Waals surface area (Å²) in [6.07, 6.45) is 3.18. The minimum absolute atomic E-state index is 0.158. The van der Waals surface area contributed by atoms with Gasteiger partial charge in [0, 0.05) is 11.8 Å². The van der Waals surface area contributed by atoms with Gasteiger partial charge in [-0.15, -0.1) is 0 Å². The summed E-state index contributed by atoms with van der Waals surface area (Å²) in [5, 5.41) is 3.00. The first-order valence-corrected chi connectivity index (χ1v) is 10.5. The van der Waals surface area contributed by atoms with Crippen LogP contribution in [0.3, 0.4) is 0 Å². The summed E-state index contributed by atoms with van der Waals surface area (Å²) < 4.78 is 28.1. The van der Waals surface area contributed by atoms with E-state index >= 15 is 0 Å². The van der Waals surface area contributed by atoms with Gasteiger partial charge in [0.2, 0.25) is 0 Å². The fourth-order valence-electron chi connectivity index (χ4n) is 2.52. The topological polar surface area (TPSA) is 101 Å². The third-order valence-corrected chi connectivity index (χ3v) is 6.26. The van der Waals surface area contributed by atoms with Crippen LogP contribution in [0.2, 0.25) is 0 Å². The van der Waals surface area contributed by atoms with Crippen molar-refractivity contribution in [3.63, 3.8) is 0 Å². The number of pyridine rings is 1. The summed E-state index contributed by atoms with van der Waals surface area (Å²) in [5.41, 5.74) is 1.64. The van der Waals surface area contributed by atoms with Gasteiger partial charge in [0.05, 0.1) is 27.0 Å². The lowest BCUT2D eigenvalue weighted by Gasteiger charge is -2.04. The van der Waals surface area contributed by atoms with E-state index in [1.165, 1.54) is 12.1 Å². The van der Waals surface area contributed by atoms with E-state index < -0.39 is 10.0 Å². The molecule has 0 aliphatic carbocycles. The molecular weight excluding hydrogens is 396 g/mol. The molecule has 0 radical (unpaired) electrons. The van der Waals surface area contributed by atoms with Crippen LogP contribution in [-0.2, 0) is 10.0 Å². The number of carbonyl (C=O) groups is 1. The van der Waals surface area contributed by atoms with Gasteiger partial charge in [-0.25, -0.2) is 13.4 Å². The number of nitrogens with zero attached hydrogens (tertiary/aromatic N) is 2. The minimum Gasteiger partial charge on any atom is -0.321 e. The maximum Gasteiger partial charge on any atom is 0.263 e. The number of nitrogens with one attached hydrogen (secondary N) is 2. The third-order valence-electron chi connectivity index (χ3n) is 3.85. The molecule has 7 nitrogen and oxygen atoms in total. The van der Waals surface area contributed by atoms with E-state index in [1.807, 2.05) is 0 Å². The number of hydrogen-bond donors (Lipinski definition) is 2. The number of benzene rings is 2. The Hall–Kier alpha value is -3.30. The van der Waals surface area contributed by atoms with Crippen molar-refractivity contribution in [2.75, 3.05) is 10.0 Å². The quantitative estimate of drug-likeness (QED) is 0.522. The van der Waals surface area contributed by atoms with Gasteiger partial charge in [0.1, 0.15) is 0 Å². The van der Waals surface area contributed by atoms with Crippen molar-refractivity contribution < 1.29 is 13.2 Å². The number of rotatable bonds is 5. The Balaban J connectivity index is 1.57. The molecule has 4 rings (SSSR count). The molecule has 0 saturated carbocycles. The van der Waals surface area contributed by atoms with Gasteiger partial charge < -0.3 is 5.32 Å². The number of sulfonamides is 1. The zero-order valence-electron chi connectivity index (χ0n) is 14.4. The fraction of sp³-hybridized carbons (Fsp3) is 0. The number of carbonyl (C=O) groups excluding carboxylic acids is 1. The molecule has 0 fully saturated rings. The molecule has 140 valence electrons. The van der Waals surface area contributed by atoms with Crippen LogP contribution in [0.15, 0.2) is 78.0 Å². The van der Waals surface area contributed by atoms with Gasteiger partial charge in [0.25, 0.3) is 15.9 Å². The summed E-state index contributed by atoms with van der Waals surface area (Å²) in [4.78, 5) is 20.8. The van der Waals surface area contributed by atoms with Crippen molar-refractivity contribution in [1.82, 2.24) is 9.97 Å². The van der Waals surface area contributed by atoms with E-state index in [4.69, 9.17) is 0 Å². The number of anilines is 2. The maximum atomic E-state index is 12.4. The van der Waals surface area contributed by atoms with Crippen molar-refractivity contribution in [2.45, 2.75) is 4.90 Å². The molecule has 0 atom stereocenters. The van der Waals surface area contributed by atoms with E-state index in [0.717, 1.165) is 11.3 Å². The Labute approximate surface area is 165 Å². The molecule has 9 heteroatoms. The Morgan fingerprint density at radius 3 is 2.57 bits per heavy atom. The first kappa shape index (κ1) is 18.1. The molecule has 2 aromatic carbocycles. The molecule has 2 aromatic heterocycles. The van der Waals surface area contributed by atoms with E-state index in [2.05, 4.69) is 20.0 Å². The average Bonchev–Trinajstić information content (AvgIpc) is 3.10. The lowest BCUT2D eigenvalue weighted by atomic mass is 10.2. The number of hydrogen-bond acceptors (Lipinski definition) is 6. The number of thiazole rings is 1. The number of amides is 1. The molecule has 1 amide bonds. The highest BCUT2D eigenvalue weighted by Gasteiger charge is 2.17. The predicted molar refractivity (Wildman–Crippen MR) is 109 cm³/mol. The monoisotopic (exact) mass is 410 g/mol. The van der Waals surface area contributed by atoms with Gasteiger partial charge in [0.15, 0.2) is 5.13 Å². The van der Waals surface area contributed by atoms with E-state index in [9.17, 15) is 13.2 Å². The summed E-state index contributed by atoms with van der Waals surface area (Å²) in [6, 6.07) is 16.5. The Bertz CT molecular complexity index is 1240. The highest BCUT2D eigenvalue weighted by atomic mass is 32.2. The van der Waals surface area contributed by atoms with Crippen molar-refractivity contribution in [3.8, 4) is 0 Å². The second-order valence-electron chi connectivity index (χ2n) is 5.82. The molecule has 0 saturated heterocycles. The normalized spacial score (nSPS) is 11.3. The zero-order chi connectivity index (χ0) is 19.6. The van der Waals surface area contributed by atoms with E-state index in [0.29, 0.717) is 21.5 Å². The SMILES string of the molecule is O=C(Nc1cccnc1)c1ccc2nc(NS(=O)(=O)c3ccccc3)sc2c1. The average molecular weight is 410 g/mol. The van der Waals surface area contributed by atoms with E-state index in [-0.39, 0.29) is 15.9 Å². The molecule has 0 spiro atoms. The summed E-state index contributed by atoms with van der Waals surface area (Å²) in [7, 11) is -3.72. The van der Waals surface area contributed by atoms with Crippen molar-refractivity contribution in [3.05, 3.63) is 78.6 Å². The second-order valence-corrected chi connectivity index (χ2v) is 8.53. The standard InChI is InChI=1S/C19H14N4O3S2/c24-18(21-14-5-4-10-20-12-14)13-8-9-16-17(11-13)27-19(22-16)23-28(25,26)15-6-2-1-3-7-15/h1-12H,(H,21,24)(H,22,23). The molecule has 28 heavy (non-hydrogen) atoms. The van der Waals surface area contributed by atoms with Crippen LogP contribution in [0.25, 0.3) is 10.2 Å². The molecular formula is C19H14N4O3S2. The van der Waals surface area contributed by atoms with E-state index in [1.54, 1.807) is 60.9 Å². The molecule has 2 heterocycles. The zero-order valence-corrected chi connectivity index (χ0v) is 16.0. The highest BCUT2D eigenvalue weighted by molar-refractivity contribution is 7.93. The molecule has 0 bridgehead atoms. The largest absolute Gasteiger partial charge is 0.321 e. The lowest BCUT2D eigenvalue weighted by Crippen LogP contribution is -2.12. The molecule has 0 aliphatic rings. The fourth-order valence-corrected chi connectivity index (χ4v) is 4.68.